The quantitative estimate of drug-likeness (QED) is 0.842. The van der Waals surface area contributed by atoms with E-state index in [9.17, 15) is 4.79 Å². The van der Waals surface area contributed by atoms with E-state index in [1.807, 2.05) is 4.90 Å². The summed E-state index contributed by atoms with van der Waals surface area (Å²) >= 11 is 1.29. The van der Waals surface area contributed by atoms with Gasteiger partial charge >= 0.3 is 0 Å². The molecule has 1 aromatic heterocycles. The van der Waals surface area contributed by atoms with Gasteiger partial charge < -0.3 is 15.5 Å². The fourth-order valence-electron chi connectivity index (χ4n) is 3.15. The predicted octanol–water partition coefficient (Wildman–Crippen LogP) is 1.28. The molecule has 0 atom stereocenters. The maximum Gasteiger partial charge on any atom is 0.265 e. The largest absolute Gasteiger partial charge is 0.375 e. The Morgan fingerprint density at radius 1 is 1.37 bits per heavy atom. The number of rotatable bonds is 1. The molecule has 1 spiro atoms. The van der Waals surface area contributed by atoms with E-state index in [-0.39, 0.29) is 5.91 Å². The molecule has 1 amide bonds. The average Bonchev–Trinajstić information content (AvgIpc) is 3.00. The smallest absolute Gasteiger partial charge is 0.265 e. The van der Waals surface area contributed by atoms with Gasteiger partial charge in [-0.3, -0.25) is 4.79 Å². The molecule has 0 saturated carbocycles. The second kappa shape index (κ2) is 4.76. The predicted molar refractivity (Wildman–Crippen MR) is 76.2 cm³/mol. The van der Waals surface area contributed by atoms with Gasteiger partial charge in [-0.25, -0.2) is 4.98 Å². The molecular weight excluding hydrogens is 260 g/mol. The monoisotopic (exact) mass is 280 g/mol. The molecule has 2 saturated heterocycles. The van der Waals surface area contributed by atoms with E-state index >= 15 is 0 Å². The summed E-state index contributed by atoms with van der Waals surface area (Å²) in [5, 5.41) is 0.469. The minimum atomic E-state index is 0.102. The standard InChI is InChI=1S/C13H20N4OS/c1-16-5-2-13(3-6-16)4-7-17(9-13)11(18)10-8-15-12(14)19-10/h8H,2-7,9H2,1H3,(H2,14,15). The molecule has 0 bridgehead atoms. The zero-order valence-corrected chi connectivity index (χ0v) is 12.1. The lowest BCUT2D eigenvalue weighted by atomic mass is 9.78. The van der Waals surface area contributed by atoms with Crippen molar-refractivity contribution in [3.05, 3.63) is 11.1 Å². The third-order valence-electron chi connectivity index (χ3n) is 4.51. The third kappa shape index (κ3) is 2.47. The van der Waals surface area contributed by atoms with Gasteiger partial charge in [0.25, 0.3) is 5.91 Å². The number of aromatic nitrogens is 1. The van der Waals surface area contributed by atoms with Gasteiger partial charge in [0.2, 0.25) is 0 Å². The zero-order chi connectivity index (χ0) is 13.5. The molecule has 0 radical (unpaired) electrons. The maximum atomic E-state index is 12.4. The lowest BCUT2D eigenvalue weighted by Crippen LogP contribution is -2.40. The van der Waals surface area contributed by atoms with E-state index in [1.54, 1.807) is 6.20 Å². The number of carbonyl (C=O) groups excluding carboxylic acids is 1. The topological polar surface area (TPSA) is 62.5 Å². The summed E-state index contributed by atoms with van der Waals surface area (Å²) in [5.41, 5.74) is 5.96. The summed E-state index contributed by atoms with van der Waals surface area (Å²) in [6.07, 6.45) is 5.15. The van der Waals surface area contributed by atoms with Crippen LogP contribution in [-0.2, 0) is 0 Å². The molecule has 2 aliphatic heterocycles. The minimum Gasteiger partial charge on any atom is -0.375 e. The summed E-state index contributed by atoms with van der Waals surface area (Å²) in [6, 6.07) is 0. The van der Waals surface area contributed by atoms with Gasteiger partial charge in [-0.15, -0.1) is 0 Å². The molecule has 6 heteroatoms. The van der Waals surface area contributed by atoms with Gasteiger partial charge in [0.1, 0.15) is 4.88 Å². The summed E-state index contributed by atoms with van der Waals surface area (Å²) in [7, 11) is 2.17. The fourth-order valence-corrected chi connectivity index (χ4v) is 3.80. The number of amides is 1. The molecule has 3 rings (SSSR count). The molecule has 2 N–H and O–H groups in total. The van der Waals surface area contributed by atoms with Crippen LogP contribution in [0, 0.1) is 5.41 Å². The van der Waals surface area contributed by atoms with Crippen molar-refractivity contribution in [3.8, 4) is 0 Å². The first-order chi connectivity index (χ1) is 9.08. The molecule has 1 aromatic rings. The molecule has 19 heavy (non-hydrogen) atoms. The average molecular weight is 280 g/mol. The number of anilines is 1. The van der Waals surface area contributed by atoms with Crippen LogP contribution in [0.5, 0.6) is 0 Å². The Morgan fingerprint density at radius 2 is 2.05 bits per heavy atom. The summed E-state index contributed by atoms with van der Waals surface area (Å²) in [5.74, 6) is 0.102. The van der Waals surface area contributed by atoms with Crippen LogP contribution < -0.4 is 5.73 Å². The summed E-state index contributed by atoms with van der Waals surface area (Å²) < 4.78 is 0. The van der Waals surface area contributed by atoms with Crippen LogP contribution in [0.4, 0.5) is 5.13 Å². The Labute approximate surface area is 117 Å². The number of hydrogen-bond acceptors (Lipinski definition) is 5. The number of nitrogens with two attached hydrogens (primary N) is 1. The Bertz CT molecular complexity index is 479. The van der Waals surface area contributed by atoms with Crippen molar-refractivity contribution in [1.82, 2.24) is 14.8 Å². The van der Waals surface area contributed by atoms with Crippen LogP contribution in [0.1, 0.15) is 28.9 Å². The van der Waals surface area contributed by atoms with Crippen molar-refractivity contribution in [3.63, 3.8) is 0 Å². The first kappa shape index (κ1) is 12.9. The van der Waals surface area contributed by atoms with E-state index < -0.39 is 0 Å². The van der Waals surface area contributed by atoms with Gasteiger partial charge in [-0.2, -0.15) is 0 Å². The highest BCUT2D eigenvalue weighted by molar-refractivity contribution is 7.17. The van der Waals surface area contributed by atoms with Gasteiger partial charge in [0.15, 0.2) is 5.13 Å². The number of nitrogen functional groups attached to an aromatic ring is 1. The second-order valence-corrected chi connectivity index (χ2v) is 6.90. The summed E-state index contributed by atoms with van der Waals surface area (Å²) in [6.45, 7) is 4.07. The van der Waals surface area contributed by atoms with Crippen LogP contribution in [-0.4, -0.2) is 53.9 Å². The van der Waals surface area contributed by atoms with Crippen LogP contribution in [0.15, 0.2) is 6.20 Å². The van der Waals surface area contributed by atoms with Crippen molar-refractivity contribution in [2.45, 2.75) is 19.3 Å². The minimum absolute atomic E-state index is 0.102. The van der Waals surface area contributed by atoms with Gasteiger partial charge in [-0.1, -0.05) is 11.3 Å². The van der Waals surface area contributed by atoms with Crippen molar-refractivity contribution < 1.29 is 4.79 Å². The van der Waals surface area contributed by atoms with Crippen LogP contribution in [0.2, 0.25) is 0 Å². The number of carbonyl (C=O) groups is 1. The highest BCUT2D eigenvalue weighted by Crippen LogP contribution is 2.40. The Kier molecular flexibility index (Phi) is 3.22. The molecule has 5 nitrogen and oxygen atoms in total. The molecule has 0 unspecified atom stereocenters. The van der Waals surface area contributed by atoms with E-state index in [2.05, 4.69) is 16.9 Å². The van der Waals surface area contributed by atoms with E-state index in [0.717, 1.165) is 32.6 Å². The first-order valence-corrected chi connectivity index (χ1v) is 7.59. The van der Waals surface area contributed by atoms with Crippen LogP contribution in [0.25, 0.3) is 0 Å². The Hall–Kier alpha value is -1.14. The molecule has 3 heterocycles. The summed E-state index contributed by atoms with van der Waals surface area (Å²) in [4.78, 5) is 21.4. The maximum absolute atomic E-state index is 12.4. The van der Waals surface area contributed by atoms with Crippen molar-refractivity contribution in [2.75, 3.05) is 39.0 Å². The van der Waals surface area contributed by atoms with E-state index in [0.29, 0.717) is 15.4 Å². The number of nitrogens with zero attached hydrogens (tertiary/aromatic N) is 3. The Balaban J connectivity index is 1.67. The highest BCUT2D eigenvalue weighted by Gasteiger charge is 2.41. The zero-order valence-electron chi connectivity index (χ0n) is 11.3. The number of thiazole rings is 1. The van der Waals surface area contributed by atoms with Crippen molar-refractivity contribution in [1.29, 1.82) is 0 Å². The SMILES string of the molecule is CN1CCC2(CC1)CCN(C(=O)c1cnc(N)s1)C2. The second-order valence-electron chi connectivity index (χ2n) is 5.84. The molecule has 2 fully saturated rings. The number of hydrogen-bond donors (Lipinski definition) is 1. The molecule has 104 valence electrons. The lowest BCUT2D eigenvalue weighted by Gasteiger charge is -2.37. The number of piperidine rings is 1. The number of likely N-dealkylation sites (tertiary alicyclic amines) is 2. The van der Waals surface area contributed by atoms with Crippen LogP contribution >= 0.6 is 11.3 Å². The van der Waals surface area contributed by atoms with Crippen molar-refractivity contribution >= 4 is 22.4 Å². The molecule has 0 aliphatic carbocycles. The van der Waals surface area contributed by atoms with Gasteiger partial charge in [0, 0.05) is 13.1 Å². The van der Waals surface area contributed by atoms with Gasteiger partial charge in [0.05, 0.1) is 6.20 Å². The van der Waals surface area contributed by atoms with Crippen LogP contribution in [0.3, 0.4) is 0 Å². The molecular formula is C13H20N4OS. The van der Waals surface area contributed by atoms with E-state index in [4.69, 9.17) is 5.73 Å². The third-order valence-corrected chi connectivity index (χ3v) is 5.32. The Morgan fingerprint density at radius 3 is 2.68 bits per heavy atom. The first-order valence-electron chi connectivity index (χ1n) is 6.77. The molecule has 0 aromatic carbocycles. The lowest BCUT2D eigenvalue weighted by molar-refractivity contribution is 0.0741. The molecule has 2 aliphatic rings. The fraction of sp³-hybridized carbons (Fsp3) is 0.692. The normalized spacial score (nSPS) is 23.1. The van der Waals surface area contributed by atoms with E-state index in [1.165, 1.54) is 24.2 Å². The van der Waals surface area contributed by atoms with Crippen molar-refractivity contribution in [2.24, 2.45) is 5.41 Å². The highest BCUT2D eigenvalue weighted by atomic mass is 32.1. The van der Waals surface area contributed by atoms with Gasteiger partial charge in [-0.05, 0) is 44.8 Å².